The number of methoxy groups -OCH3 is 1. The molecule has 3 saturated heterocycles. The van der Waals surface area contributed by atoms with Gasteiger partial charge in [-0.3, -0.25) is 19.2 Å². The molecule has 2 amide bonds. The van der Waals surface area contributed by atoms with Gasteiger partial charge >= 0.3 is 5.97 Å². The summed E-state index contributed by atoms with van der Waals surface area (Å²) < 4.78 is 56.7. The molecule has 3 heterocycles. The van der Waals surface area contributed by atoms with Gasteiger partial charge < -0.3 is 74.6 Å². The van der Waals surface area contributed by atoms with Crippen molar-refractivity contribution in [1.29, 1.82) is 0 Å². The molecule has 0 bridgehead atoms. The first kappa shape index (κ1) is 66.5. The number of rotatable bonds is 13. The number of amides is 2. The predicted molar refractivity (Wildman–Crippen MR) is 302 cm³/mol. The van der Waals surface area contributed by atoms with Gasteiger partial charge in [-0.2, -0.15) is 0 Å². The van der Waals surface area contributed by atoms with E-state index < -0.39 is 142 Å². The van der Waals surface area contributed by atoms with Gasteiger partial charge in [-0.05, 0) is 156 Å². The molecular formula is C62H102FN3O16. The maximum atomic E-state index is 17.8. The largest absolute Gasteiger partial charge is 0.459 e. The molecule has 7 rings (SSSR count). The third-order valence-electron chi connectivity index (χ3n) is 21.9. The van der Waals surface area contributed by atoms with Crippen LogP contribution in [0.25, 0.3) is 0 Å². The van der Waals surface area contributed by atoms with Gasteiger partial charge in [0, 0.05) is 55.2 Å². The molecule has 82 heavy (non-hydrogen) atoms. The van der Waals surface area contributed by atoms with Gasteiger partial charge in [0.05, 0.1) is 48.1 Å². The first-order valence-electron chi connectivity index (χ1n) is 30.5. The summed E-state index contributed by atoms with van der Waals surface area (Å²) in [5, 5.41) is 78.6. The number of cyclic esters (lactones) is 1. The zero-order chi connectivity index (χ0) is 61.2. The van der Waals surface area contributed by atoms with Crippen molar-refractivity contribution in [2.75, 3.05) is 27.2 Å². The summed E-state index contributed by atoms with van der Waals surface area (Å²) in [5.41, 5.74) is -10.1. The molecule has 4 aliphatic carbocycles. The second kappa shape index (κ2) is 24.6. The Morgan fingerprint density at radius 1 is 0.915 bits per heavy atom. The minimum Gasteiger partial charge on any atom is -0.459 e. The van der Waals surface area contributed by atoms with Gasteiger partial charge in [-0.15, -0.1) is 0 Å². The number of halogens is 1. The smallest absolute Gasteiger partial charge is 0.311 e. The van der Waals surface area contributed by atoms with E-state index in [-0.39, 0.29) is 74.3 Å². The van der Waals surface area contributed by atoms with Crippen molar-refractivity contribution < 1.29 is 82.6 Å². The summed E-state index contributed by atoms with van der Waals surface area (Å²) in [6.45, 7) is 24.8. The van der Waals surface area contributed by atoms with Crippen LogP contribution in [0.4, 0.5) is 4.39 Å². The lowest BCUT2D eigenvalue weighted by atomic mass is 9.45. The number of carbonyl (C=O) groups excluding carboxylic acids is 4. The highest BCUT2D eigenvalue weighted by Crippen LogP contribution is 2.70. The minimum absolute atomic E-state index is 0.0779. The molecule has 7 aliphatic rings. The lowest BCUT2D eigenvalue weighted by Crippen LogP contribution is -2.67. The fraction of sp³-hybridized carbons (Fsp3) is 0.871. The van der Waals surface area contributed by atoms with Gasteiger partial charge in [0.15, 0.2) is 24.0 Å². The third kappa shape index (κ3) is 11.8. The first-order chi connectivity index (χ1) is 38.0. The molecular weight excluding hydrogens is 1060 g/mol. The number of hydrogen-bond donors (Lipinski definition) is 8. The monoisotopic (exact) mass is 1160 g/mol. The normalized spacial score (nSPS) is 49.5. The Hall–Kier alpha value is -2.99. The fourth-order valence-corrected chi connectivity index (χ4v) is 16.7. The zero-order valence-electron chi connectivity index (χ0n) is 51.8. The Kier molecular flexibility index (Phi) is 20.0. The molecule has 26 atom stereocenters. The number of allylic oxidation sites excluding steroid dienone is 4. The molecule has 0 radical (unpaired) electrons. The maximum absolute atomic E-state index is 17.8. The minimum atomic E-state index is -2.05. The molecule has 0 aromatic carbocycles. The molecule has 468 valence electrons. The second-order valence-electron chi connectivity index (χ2n) is 27.5. The van der Waals surface area contributed by atoms with Crippen LogP contribution in [0.5, 0.6) is 0 Å². The molecule has 3 aliphatic heterocycles. The summed E-state index contributed by atoms with van der Waals surface area (Å²) >= 11 is 0. The maximum Gasteiger partial charge on any atom is 0.311 e. The zero-order valence-corrected chi connectivity index (χ0v) is 51.8. The van der Waals surface area contributed by atoms with Crippen molar-refractivity contribution in [3.05, 3.63) is 23.8 Å². The highest BCUT2D eigenvalue weighted by atomic mass is 19.1. The van der Waals surface area contributed by atoms with Crippen molar-refractivity contribution in [3.63, 3.8) is 0 Å². The number of likely N-dealkylation sites (N-methyl/N-ethyl adjacent to an activating group) is 1. The van der Waals surface area contributed by atoms with Crippen LogP contribution in [0.3, 0.4) is 0 Å². The summed E-state index contributed by atoms with van der Waals surface area (Å²) in [4.78, 5) is 57.4. The van der Waals surface area contributed by atoms with E-state index in [9.17, 15) is 49.8 Å². The molecule has 6 fully saturated rings. The number of nitrogens with zero attached hydrogens (tertiary/aromatic N) is 1. The highest BCUT2D eigenvalue weighted by Gasteiger charge is 2.72. The summed E-state index contributed by atoms with van der Waals surface area (Å²) in [5.74, 6) is -6.13. The molecule has 0 aromatic rings. The number of alkyl halides is 1. The van der Waals surface area contributed by atoms with Gasteiger partial charge in [0.2, 0.25) is 11.8 Å². The number of aliphatic hydroxyl groups is 6. The fourth-order valence-electron chi connectivity index (χ4n) is 16.7. The highest BCUT2D eigenvalue weighted by molar-refractivity contribution is 6.01. The lowest BCUT2D eigenvalue weighted by Gasteiger charge is -2.61. The lowest BCUT2D eigenvalue weighted by molar-refractivity contribution is -0.338. The van der Waals surface area contributed by atoms with Crippen LogP contribution in [0.1, 0.15) is 161 Å². The molecule has 19 nitrogen and oxygen atoms in total. The number of nitrogens with one attached hydrogen (secondary N) is 2. The Labute approximate surface area is 486 Å². The quantitative estimate of drug-likeness (QED) is 0.0893. The summed E-state index contributed by atoms with van der Waals surface area (Å²) in [6.07, 6.45) is -4.81. The third-order valence-corrected chi connectivity index (χ3v) is 21.9. The van der Waals surface area contributed by atoms with Gasteiger partial charge in [-0.1, -0.05) is 53.2 Å². The molecule has 4 unspecified atom stereocenters. The van der Waals surface area contributed by atoms with Crippen molar-refractivity contribution in [1.82, 2.24) is 15.5 Å². The van der Waals surface area contributed by atoms with Crippen LogP contribution in [0.2, 0.25) is 0 Å². The molecule has 20 heteroatoms. The predicted octanol–water partition coefficient (Wildman–Crippen LogP) is 4.97. The van der Waals surface area contributed by atoms with Crippen molar-refractivity contribution >= 4 is 23.6 Å². The van der Waals surface area contributed by atoms with Gasteiger partial charge in [0.25, 0.3) is 0 Å². The van der Waals surface area contributed by atoms with E-state index in [4.69, 9.17) is 28.4 Å². The van der Waals surface area contributed by atoms with Crippen LogP contribution in [0, 0.1) is 52.3 Å². The van der Waals surface area contributed by atoms with Crippen LogP contribution in [-0.2, 0) is 47.6 Å². The number of hydrogen-bond acceptors (Lipinski definition) is 17. The SMILES string of the molecule is CC[C@H]1OC(=O)[C@H](C)[C@@H](OC2C[C@@](C)(OC)[C@](O)(CCCNC(=O)[C@H]3[C@H](C)CC4C5CCC6=CC(=O)C=C[C@]6(C)[C@@]5(F)[C@@H](O)C[C@@]43C)[C@H](C)O2)[C@H](C)[C@@H](OC2O[C@H](C)C[C@H](N(C)CC)[C@H]2O)[C@](C)(O)C[C@@H](C)C(=O)N[C@H](C)[C@@H](O)[C@]1(C)O. The average molecular weight is 1160 g/mol. The van der Waals surface area contributed by atoms with E-state index in [1.807, 2.05) is 39.6 Å². The number of ether oxygens (including phenoxy) is 6. The van der Waals surface area contributed by atoms with E-state index in [0.29, 0.717) is 44.2 Å². The molecule has 0 spiro atoms. The van der Waals surface area contributed by atoms with E-state index in [1.54, 1.807) is 54.5 Å². The molecule has 8 N–H and O–H groups in total. The first-order valence-corrected chi connectivity index (χ1v) is 30.5. The van der Waals surface area contributed by atoms with E-state index >= 15 is 4.39 Å². The second-order valence-corrected chi connectivity index (χ2v) is 27.5. The van der Waals surface area contributed by atoms with Crippen molar-refractivity contribution in [2.24, 2.45) is 52.3 Å². The number of ketones is 1. The van der Waals surface area contributed by atoms with Crippen LogP contribution in [0.15, 0.2) is 23.8 Å². The Bertz CT molecular complexity index is 2370. The number of aliphatic hydroxyl groups excluding tert-OH is 3. The standard InChI is InChI=1S/C62H102FN3O16/c1-17-45-60(14,75)50(70)37(8)65-52(71)33(4)29-58(12,74)51(82-55-48(69)43(66(15)18-2)27-34(5)78-55)35(6)49(36(7)54(73)80-45)81-46-31-59(13,77-16)61(76,38(9)79-46)23-19-25-64-53(72)47-32(3)26-42-41-21-20-39-28-40(67)22-24-57(39,11)62(41,63)44(68)30-56(42,47)10/h22,24,28,32-38,41-51,55,68-70,74-76H,17-21,23,25-27,29-31H2,1-16H3,(H,64,72)(H,65,71)/t32-,33-,34-,35+,36-,37-,38+,41?,42?,43+,44+,45-,46?,47-,48-,49+,50-,51-,55?,56+,57+,58-,59-,60-,61+,62+/m1/s1. The van der Waals surface area contributed by atoms with Crippen molar-refractivity contribution in [2.45, 2.75) is 263 Å². The van der Waals surface area contributed by atoms with Crippen LogP contribution >= 0.6 is 0 Å². The van der Waals surface area contributed by atoms with E-state index in [0.717, 1.165) is 0 Å². The number of carbonyl (C=O) groups is 4. The Balaban J connectivity index is 1.12. The number of esters is 1. The van der Waals surface area contributed by atoms with E-state index in [2.05, 4.69) is 10.6 Å². The Morgan fingerprint density at radius 3 is 2.22 bits per heavy atom. The van der Waals surface area contributed by atoms with Gasteiger partial charge in [0.1, 0.15) is 35.1 Å². The topological polar surface area (TPSA) is 272 Å². The molecule has 3 saturated carbocycles. The Morgan fingerprint density at radius 2 is 1.59 bits per heavy atom. The summed E-state index contributed by atoms with van der Waals surface area (Å²) in [6, 6.07) is -1.40. The summed E-state index contributed by atoms with van der Waals surface area (Å²) in [7, 11) is 3.36. The molecule has 0 aromatic heterocycles. The van der Waals surface area contributed by atoms with Crippen molar-refractivity contribution in [3.8, 4) is 0 Å². The average Bonchev–Trinajstić information content (AvgIpc) is 1.29. The number of fused-ring (bicyclic) bond motifs is 5. The van der Waals surface area contributed by atoms with Crippen LogP contribution in [-0.4, -0.2) is 188 Å². The van der Waals surface area contributed by atoms with E-state index in [1.165, 1.54) is 40.0 Å². The van der Waals surface area contributed by atoms with Gasteiger partial charge in [-0.25, -0.2) is 4.39 Å². The van der Waals surface area contributed by atoms with Crippen LogP contribution < -0.4 is 10.6 Å².